The Labute approximate surface area is 89.9 Å². The first kappa shape index (κ1) is 10.7. The maximum absolute atomic E-state index is 11.4. The minimum atomic E-state index is -0.509. The first-order valence-electron chi connectivity index (χ1n) is 3.87. The SMILES string of the molecule is C=CC(=O)NC(=O)c1ccccc1Br. The van der Waals surface area contributed by atoms with E-state index in [1.54, 1.807) is 24.3 Å². The van der Waals surface area contributed by atoms with Crippen molar-refractivity contribution in [1.29, 1.82) is 0 Å². The predicted molar refractivity (Wildman–Crippen MR) is 56.8 cm³/mol. The molecule has 0 bridgehead atoms. The fourth-order valence-electron chi connectivity index (χ4n) is 0.876. The molecular weight excluding hydrogens is 246 g/mol. The van der Waals surface area contributed by atoms with Crippen LogP contribution in [-0.4, -0.2) is 11.8 Å². The second kappa shape index (κ2) is 4.72. The van der Waals surface area contributed by atoms with Crippen LogP contribution >= 0.6 is 15.9 Å². The van der Waals surface area contributed by atoms with Crippen molar-refractivity contribution in [3.8, 4) is 0 Å². The summed E-state index contributed by atoms with van der Waals surface area (Å²) in [4.78, 5) is 22.3. The maximum Gasteiger partial charge on any atom is 0.259 e. The molecule has 0 atom stereocenters. The molecule has 4 heteroatoms. The van der Waals surface area contributed by atoms with Crippen LogP contribution in [0.2, 0.25) is 0 Å². The molecule has 0 radical (unpaired) electrons. The Morgan fingerprint density at radius 2 is 2.00 bits per heavy atom. The third-order valence-electron chi connectivity index (χ3n) is 1.54. The maximum atomic E-state index is 11.4. The van der Waals surface area contributed by atoms with Crippen molar-refractivity contribution in [1.82, 2.24) is 5.32 Å². The van der Waals surface area contributed by atoms with Gasteiger partial charge in [-0.3, -0.25) is 14.9 Å². The van der Waals surface area contributed by atoms with Gasteiger partial charge in [0, 0.05) is 4.47 Å². The Morgan fingerprint density at radius 1 is 1.36 bits per heavy atom. The zero-order valence-corrected chi connectivity index (χ0v) is 8.87. The molecule has 1 rings (SSSR count). The zero-order chi connectivity index (χ0) is 10.6. The van der Waals surface area contributed by atoms with Gasteiger partial charge in [0.05, 0.1) is 5.56 Å². The van der Waals surface area contributed by atoms with Crippen LogP contribution in [0.15, 0.2) is 41.4 Å². The van der Waals surface area contributed by atoms with E-state index in [1.807, 2.05) is 0 Å². The highest BCUT2D eigenvalue weighted by Gasteiger charge is 2.10. The van der Waals surface area contributed by atoms with E-state index in [-0.39, 0.29) is 0 Å². The molecule has 1 aromatic carbocycles. The molecule has 1 N–H and O–H groups in total. The number of benzene rings is 1. The standard InChI is InChI=1S/C10H8BrNO2/c1-2-9(13)12-10(14)7-5-3-4-6-8(7)11/h2-6H,1H2,(H,12,13,14). The highest BCUT2D eigenvalue weighted by molar-refractivity contribution is 9.10. The Hall–Kier alpha value is -1.42. The van der Waals surface area contributed by atoms with Gasteiger partial charge >= 0.3 is 0 Å². The third kappa shape index (κ3) is 2.53. The van der Waals surface area contributed by atoms with Crippen molar-refractivity contribution in [2.24, 2.45) is 0 Å². The van der Waals surface area contributed by atoms with Crippen LogP contribution in [0.3, 0.4) is 0 Å². The minimum absolute atomic E-state index is 0.419. The quantitative estimate of drug-likeness (QED) is 0.819. The van der Waals surface area contributed by atoms with E-state index in [0.717, 1.165) is 6.08 Å². The highest BCUT2D eigenvalue weighted by atomic mass is 79.9. The number of amides is 2. The summed E-state index contributed by atoms with van der Waals surface area (Å²) in [6.07, 6.45) is 1.05. The molecule has 0 aliphatic rings. The Kier molecular flexibility index (Phi) is 3.59. The van der Waals surface area contributed by atoms with Crippen molar-refractivity contribution in [3.05, 3.63) is 47.0 Å². The number of halogens is 1. The summed E-state index contributed by atoms with van der Waals surface area (Å²) in [5.41, 5.74) is 0.419. The van der Waals surface area contributed by atoms with Crippen molar-refractivity contribution in [2.75, 3.05) is 0 Å². The van der Waals surface area contributed by atoms with Crippen LogP contribution in [0, 0.1) is 0 Å². The average molecular weight is 254 g/mol. The number of imide groups is 1. The van der Waals surface area contributed by atoms with E-state index < -0.39 is 11.8 Å². The Bertz CT molecular complexity index is 387. The monoisotopic (exact) mass is 253 g/mol. The Morgan fingerprint density at radius 3 is 2.57 bits per heavy atom. The van der Waals surface area contributed by atoms with Gasteiger partial charge in [0.25, 0.3) is 5.91 Å². The molecule has 0 spiro atoms. The lowest BCUT2D eigenvalue weighted by molar-refractivity contribution is -0.115. The number of carbonyl (C=O) groups excluding carboxylic acids is 2. The van der Waals surface area contributed by atoms with Gasteiger partial charge in [-0.1, -0.05) is 18.7 Å². The number of hydrogen-bond acceptors (Lipinski definition) is 2. The molecule has 0 fully saturated rings. The molecule has 2 amide bonds. The van der Waals surface area contributed by atoms with E-state index in [1.165, 1.54) is 0 Å². The molecule has 0 aromatic heterocycles. The molecule has 0 saturated heterocycles. The number of nitrogens with one attached hydrogen (secondary N) is 1. The van der Waals surface area contributed by atoms with Gasteiger partial charge in [-0.15, -0.1) is 0 Å². The third-order valence-corrected chi connectivity index (χ3v) is 2.23. The van der Waals surface area contributed by atoms with E-state index in [4.69, 9.17) is 0 Å². The molecule has 14 heavy (non-hydrogen) atoms. The molecule has 72 valence electrons. The van der Waals surface area contributed by atoms with Gasteiger partial charge in [0.2, 0.25) is 5.91 Å². The smallest absolute Gasteiger partial charge is 0.259 e. The molecule has 3 nitrogen and oxygen atoms in total. The van der Waals surface area contributed by atoms with Crippen LogP contribution in [0.5, 0.6) is 0 Å². The lowest BCUT2D eigenvalue weighted by Gasteiger charge is -2.02. The van der Waals surface area contributed by atoms with Gasteiger partial charge in [-0.2, -0.15) is 0 Å². The van der Waals surface area contributed by atoms with Crippen LogP contribution < -0.4 is 5.32 Å². The van der Waals surface area contributed by atoms with E-state index >= 15 is 0 Å². The van der Waals surface area contributed by atoms with Crippen molar-refractivity contribution in [2.45, 2.75) is 0 Å². The molecule has 1 aromatic rings. The summed E-state index contributed by atoms with van der Waals surface area (Å²) < 4.78 is 0.648. The van der Waals surface area contributed by atoms with Crippen LogP contribution in [0.4, 0.5) is 0 Å². The van der Waals surface area contributed by atoms with E-state index in [0.29, 0.717) is 10.0 Å². The summed E-state index contributed by atoms with van der Waals surface area (Å²) in [5, 5.41) is 2.16. The minimum Gasteiger partial charge on any atom is -0.289 e. The lowest BCUT2D eigenvalue weighted by atomic mass is 10.2. The predicted octanol–water partition coefficient (Wildman–Crippen LogP) is 1.89. The summed E-state index contributed by atoms with van der Waals surface area (Å²) in [6, 6.07) is 6.86. The normalized spacial score (nSPS) is 9.21. The first-order valence-corrected chi connectivity index (χ1v) is 4.66. The zero-order valence-electron chi connectivity index (χ0n) is 7.29. The van der Waals surface area contributed by atoms with Crippen LogP contribution in [0.1, 0.15) is 10.4 Å². The summed E-state index contributed by atoms with van der Waals surface area (Å²) in [5.74, 6) is -0.951. The number of carbonyl (C=O) groups is 2. The van der Waals surface area contributed by atoms with Crippen LogP contribution in [-0.2, 0) is 4.79 Å². The lowest BCUT2D eigenvalue weighted by Crippen LogP contribution is -2.28. The molecule has 0 aliphatic heterocycles. The van der Waals surface area contributed by atoms with Gasteiger partial charge in [-0.25, -0.2) is 0 Å². The molecule has 0 unspecified atom stereocenters. The van der Waals surface area contributed by atoms with Gasteiger partial charge < -0.3 is 0 Å². The summed E-state index contributed by atoms with van der Waals surface area (Å²) in [6.45, 7) is 3.25. The van der Waals surface area contributed by atoms with E-state index in [2.05, 4.69) is 27.8 Å². The van der Waals surface area contributed by atoms with Gasteiger partial charge in [0.15, 0.2) is 0 Å². The van der Waals surface area contributed by atoms with Crippen molar-refractivity contribution < 1.29 is 9.59 Å². The first-order chi connectivity index (χ1) is 6.65. The number of hydrogen-bond donors (Lipinski definition) is 1. The average Bonchev–Trinajstić information content (AvgIpc) is 2.18. The summed E-state index contributed by atoms with van der Waals surface area (Å²) >= 11 is 3.21. The molecule has 0 aliphatic carbocycles. The van der Waals surface area contributed by atoms with Gasteiger partial charge in [0.1, 0.15) is 0 Å². The fraction of sp³-hybridized carbons (Fsp3) is 0. The molecule has 0 heterocycles. The van der Waals surface area contributed by atoms with Gasteiger partial charge in [-0.05, 0) is 34.1 Å². The number of rotatable bonds is 2. The summed E-state index contributed by atoms with van der Waals surface area (Å²) in [7, 11) is 0. The van der Waals surface area contributed by atoms with E-state index in [9.17, 15) is 9.59 Å². The van der Waals surface area contributed by atoms with Crippen molar-refractivity contribution >= 4 is 27.7 Å². The second-order valence-corrected chi connectivity index (χ2v) is 3.36. The fourth-order valence-corrected chi connectivity index (χ4v) is 1.34. The molecule has 0 saturated carbocycles. The Balaban J connectivity index is 2.85. The van der Waals surface area contributed by atoms with Crippen LogP contribution in [0.25, 0.3) is 0 Å². The largest absolute Gasteiger partial charge is 0.289 e. The topological polar surface area (TPSA) is 46.2 Å². The van der Waals surface area contributed by atoms with Crippen molar-refractivity contribution in [3.63, 3.8) is 0 Å². The highest BCUT2D eigenvalue weighted by Crippen LogP contribution is 2.15. The molecular formula is C10H8BrNO2. The second-order valence-electron chi connectivity index (χ2n) is 2.50.